The highest BCUT2D eigenvalue weighted by atomic mass is 35.5. The Hall–Kier alpha value is -2.29. The van der Waals surface area contributed by atoms with E-state index >= 15 is 0 Å². The van der Waals surface area contributed by atoms with Gasteiger partial charge in [0.05, 0.1) is 11.9 Å². The molecule has 0 aliphatic heterocycles. The van der Waals surface area contributed by atoms with E-state index < -0.39 is 28.5 Å². The van der Waals surface area contributed by atoms with Crippen LogP contribution in [0.15, 0.2) is 42.5 Å². The summed E-state index contributed by atoms with van der Waals surface area (Å²) >= 11 is 12.1. The van der Waals surface area contributed by atoms with Crippen LogP contribution in [0.25, 0.3) is 0 Å². The van der Waals surface area contributed by atoms with Gasteiger partial charge in [0.15, 0.2) is 0 Å². The van der Waals surface area contributed by atoms with Gasteiger partial charge in [0.2, 0.25) is 21.8 Å². The molecule has 2 amide bonds. The van der Waals surface area contributed by atoms with Crippen molar-refractivity contribution in [2.45, 2.75) is 46.2 Å². The lowest BCUT2D eigenvalue weighted by Gasteiger charge is -2.32. The highest BCUT2D eigenvalue weighted by Gasteiger charge is 2.30. The summed E-state index contributed by atoms with van der Waals surface area (Å²) in [6.07, 6.45) is 2.75. The summed E-state index contributed by atoms with van der Waals surface area (Å²) < 4.78 is 26.1. The van der Waals surface area contributed by atoms with Crippen LogP contribution in [0.4, 0.5) is 5.69 Å². The molecule has 186 valence electrons. The Kier molecular flexibility index (Phi) is 10.2. The zero-order chi connectivity index (χ0) is 25.5. The molecule has 0 fully saturated rings. The van der Waals surface area contributed by atoms with Crippen molar-refractivity contribution in [1.29, 1.82) is 0 Å². The molecule has 2 aromatic rings. The van der Waals surface area contributed by atoms with Crippen molar-refractivity contribution in [1.82, 2.24) is 10.2 Å². The van der Waals surface area contributed by atoms with Gasteiger partial charge in [-0.1, -0.05) is 60.8 Å². The largest absolute Gasteiger partial charge is 0.354 e. The number of aryl methyl sites for hydroxylation is 1. The van der Waals surface area contributed by atoms with E-state index in [9.17, 15) is 18.0 Å². The molecule has 0 bridgehead atoms. The second-order valence-corrected chi connectivity index (χ2v) is 10.9. The van der Waals surface area contributed by atoms with E-state index in [1.165, 1.54) is 23.1 Å². The van der Waals surface area contributed by atoms with E-state index in [0.29, 0.717) is 6.54 Å². The van der Waals surface area contributed by atoms with Crippen molar-refractivity contribution < 1.29 is 18.0 Å². The third-order valence-electron chi connectivity index (χ3n) is 5.41. The number of halogens is 2. The Bertz CT molecular complexity index is 1100. The third kappa shape index (κ3) is 7.89. The van der Waals surface area contributed by atoms with Crippen LogP contribution >= 0.6 is 23.2 Å². The molecule has 10 heteroatoms. The number of unbranched alkanes of at least 4 members (excludes halogenated alkanes) is 1. The molecule has 1 atom stereocenters. The van der Waals surface area contributed by atoms with Crippen LogP contribution in [0.5, 0.6) is 0 Å². The second kappa shape index (κ2) is 12.4. The molecule has 1 unspecified atom stereocenters. The Morgan fingerprint density at radius 3 is 2.26 bits per heavy atom. The van der Waals surface area contributed by atoms with Crippen LogP contribution in [-0.4, -0.2) is 50.5 Å². The van der Waals surface area contributed by atoms with Gasteiger partial charge < -0.3 is 10.2 Å². The first-order valence-corrected chi connectivity index (χ1v) is 13.6. The normalized spacial score (nSPS) is 12.2. The Labute approximate surface area is 212 Å². The smallest absolute Gasteiger partial charge is 0.244 e. The van der Waals surface area contributed by atoms with Gasteiger partial charge >= 0.3 is 0 Å². The van der Waals surface area contributed by atoms with Gasteiger partial charge in [-0.3, -0.25) is 13.9 Å². The van der Waals surface area contributed by atoms with Crippen molar-refractivity contribution in [2.75, 3.05) is 23.7 Å². The SMILES string of the molecule is CCCCNC(=O)C(C)N(Cc1ccccc1C)C(=O)CN(c1cc(Cl)cc(Cl)c1)S(C)(=O)=O. The lowest BCUT2D eigenvalue weighted by Crippen LogP contribution is -2.51. The molecule has 0 aliphatic rings. The van der Waals surface area contributed by atoms with Gasteiger partial charge in [0, 0.05) is 23.1 Å². The standard InChI is InChI=1S/C24H31Cl2N3O4S/c1-5-6-11-27-24(31)18(3)28(15-19-10-8-7-9-17(19)2)23(30)16-29(34(4,32)33)22-13-20(25)12-21(26)14-22/h7-10,12-14,18H,5-6,11,15-16H2,1-4H3,(H,27,31). The Morgan fingerprint density at radius 1 is 1.09 bits per heavy atom. The summed E-state index contributed by atoms with van der Waals surface area (Å²) in [6, 6.07) is 11.1. The van der Waals surface area contributed by atoms with E-state index in [4.69, 9.17) is 23.2 Å². The molecule has 0 spiro atoms. The highest BCUT2D eigenvalue weighted by molar-refractivity contribution is 7.92. The molecule has 7 nitrogen and oxygen atoms in total. The van der Waals surface area contributed by atoms with Crippen LogP contribution in [0.3, 0.4) is 0 Å². The minimum atomic E-state index is -3.86. The average Bonchev–Trinajstić information content (AvgIpc) is 2.74. The summed E-state index contributed by atoms with van der Waals surface area (Å²) in [4.78, 5) is 27.7. The maximum atomic E-state index is 13.5. The third-order valence-corrected chi connectivity index (χ3v) is 6.99. The molecule has 2 rings (SSSR count). The predicted octanol–water partition coefficient (Wildman–Crippen LogP) is 4.40. The van der Waals surface area contributed by atoms with Crippen LogP contribution in [0, 0.1) is 6.92 Å². The van der Waals surface area contributed by atoms with Gasteiger partial charge in [0.1, 0.15) is 12.6 Å². The van der Waals surface area contributed by atoms with E-state index in [0.717, 1.165) is 34.5 Å². The summed E-state index contributed by atoms with van der Waals surface area (Å²) in [5.74, 6) is -0.824. The minimum Gasteiger partial charge on any atom is -0.354 e. The van der Waals surface area contributed by atoms with Gasteiger partial charge in [0.25, 0.3) is 0 Å². The molecule has 34 heavy (non-hydrogen) atoms. The van der Waals surface area contributed by atoms with Gasteiger partial charge in [-0.25, -0.2) is 8.42 Å². The molecule has 0 radical (unpaired) electrons. The molecule has 0 heterocycles. The van der Waals surface area contributed by atoms with E-state index in [1.807, 2.05) is 38.1 Å². The number of hydrogen-bond donors (Lipinski definition) is 1. The summed E-state index contributed by atoms with van der Waals surface area (Å²) in [5.41, 5.74) is 1.99. The lowest BCUT2D eigenvalue weighted by molar-refractivity contribution is -0.139. The summed E-state index contributed by atoms with van der Waals surface area (Å²) in [7, 11) is -3.86. The van der Waals surface area contributed by atoms with Gasteiger partial charge in [-0.2, -0.15) is 0 Å². The van der Waals surface area contributed by atoms with Crippen LogP contribution < -0.4 is 9.62 Å². The maximum absolute atomic E-state index is 13.5. The van der Waals surface area contributed by atoms with Crippen LogP contribution in [0.1, 0.15) is 37.8 Å². The van der Waals surface area contributed by atoms with E-state index in [1.54, 1.807) is 6.92 Å². The topological polar surface area (TPSA) is 86.8 Å². The van der Waals surface area contributed by atoms with Gasteiger partial charge in [-0.05, 0) is 49.6 Å². The van der Waals surface area contributed by atoms with Gasteiger partial charge in [-0.15, -0.1) is 0 Å². The monoisotopic (exact) mass is 527 g/mol. The van der Waals surface area contributed by atoms with Crippen molar-refractivity contribution >= 4 is 50.7 Å². The number of benzene rings is 2. The van der Waals surface area contributed by atoms with Crippen molar-refractivity contribution in [3.8, 4) is 0 Å². The molecule has 0 aromatic heterocycles. The number of carbonyl (C=O) groups excluding carboxylic acids is 2. The zero-order valence-electron chi connectivity index (χ0n) is 19.8. The minimum absolute atomic E-state index is 0.155. The molecular formula is C24H31Cl2N3O4S. The number of nitrogens with zero attached hydrogens (tertiary/aromatic N) is 2. The quantitative estimate of drug-likeness (QED) is 0.438. The second-order valence-electron chi connectivity index (χ2n) is 8.17. The van der Waals surface area contributed by atoms with Crippen molar-refractivity contribution in [3.05, 3.63) is 63.6 Å². The molecule has 1 N–H and O–H groups in total. The molecular weight excluding hydrogens is 497 g/mol. The molecule has 0 saturated carbocycles. The first-order chi connectivity index (χ1) is 15.9. The number of anilines is 1. The number of hydrogen-bond acceptors (Lipinski definition) is 4. The van der Waals surface area contributed by atoms with Crippen molar-refractivity contribution in [2.24, 2.45) is 0 Å². The predicted molar refractivity (Wildman–Crippen MR) is 138 cm³/mol. The first kappa shape index (κ1) is 28.0. The van der Waals surface area contributed by atoms with E-state index in [-0.39, 0.29) is 28.2 Å². The molecule has 2 aromatic carbocycles. The Morgan fingerprint density at radius 2 is 1.71 bits per heavy atom. The first-order valence-electron chi connectivity index (χ1n) is 11.0. The zero-order valence-corrected chi connectivity index (χ0v) is 22.2. The summed E-state index contributed by atoms with van der Waals surface area (Å²) in [6.45, 7) is 5.73. The molecule has 0 saturated heterocycles. The van der Waals surface area contributed by atoms with Crippen molar-refractivity contribution in [3.63, 3.8) is 0 Å². The molecule has 0 aliphatic carbocycles. The van der Waals surface area contributed by atoms with Crippen LogP contribution in [-0.2, 0) is 26.2 Å². The number of carbonyl (C=O) groups is 2. The maximum Gasteiger partial charge on any atom is 0.244 e. The highest BCUT2D eigenvalue weighted by Crippen LogP contribution is 2.27. The number of amides is 2. The number of nitrogens with one attached hydrogen (secondary N) is 1. The number of rotatable bonds is 11. The van der Waals surface area contributed by atoms with E-state index in [2.05, 4.69) is 5.32 Å². The fraction of sp³-hybridized carbons (Fsp3) is 0.417. The fourth-order valence-corrected chi connectivity index (χ4v) is 4.73. The number of sulfonamides is 1. The Balaban J connectivity index is 2.39. The van der Waals surface area contributed by atoms with Crippen LogP contribution in [0.2, 0.25) is 10.0 Å². The fourth-order valence-electron chi connectivity index (χ4n) is 3.39. The lowest BCUT2D eigenvalue weighted by atomic mass is 10.1. The average molecular weight is 529 g/mol. The summed E-state index contributed by atoms with van der Waals surface area (Å²) in [5, 5.41) is 3.33.